The standard InChI is InChI=1S/C13H10N6/c1-18(11-4-2-3-10(7-11)8-14)12-13-17-16-9-19(13)6-5-15-12/h2-7,9H,1H3. The molecule has 2 aromatic heterocycles. The third kappa shape index (κ3) is 1.87. The first kappa shape index (κ1) is 11.2. The Balaban J connectivity index is 2.10. The SMILES string of the molecule is CN(c1cccc(C#N)c1)c1nccn2cnnc12. The third-order valence-corrected chi connectivity index (χ3v) is 2.88. The minimum Gasteiger partial charge on any atom is -0.326 e. The van der Waals surface area contributed by atoms with Crippen LogP contribution in [0.1, 0.15) is 5.56 Å². The summed E-state index contributed by atoms with van der Waals surface area (Å²) in [6, 6.07) is 9.46. The highest BCUT2D eigenvalue weighted by Crippen LogP contribution is 2.24. The maximum absolute atomic E-state index is 8.94. The molecule has 0 amide bonds. The molecule has 1 aromatic carbocycles. The van der Waals surface area contributed by atoms with Gasteiger partial charge in [0, 0.05) is 25.1 Å². The van der Waals surface area contributed by atoms with Crippen molar-refractivity contribution >= 4 is 17.2 Å². The van der Waals surface area contributed by atoms with Gasteiger partial charge in [-0.3, -0.25) is 4.40 Å². The Bertz CT molecular complexity index is 770. The fraction of sp³-hybridized carbons (Fsp3) is 0.0769. The maximum Gasteiger partial charge on any atom is 0.204 e. The van der Waals surface area contributed by atoms with Crippen LogP contribution in [-0.2, 0) is 0 Å². The van der Waals surface area contributed by atoms with Gasteiger partial charge in [0.1, 0.15) is 6.33 Å². The predicted octanol–water partition coefficient (Wildman–Crippen LogP) is 1.76. The first-order valence-electron chi connectivity index (χ1n) is 5.68. The van der Waals surface area contributed by atoms with Gasteiger partial charge in [0.2, 0.25) is 5.65 Å². The number of nitriles is 1. The third-order valence-electron chi connectivity index (χ3n) is 2.88. The molecule has 0 fully saturated rings. The van der Waals surface area contributed by atoms with Crippen LogP contribution in [-0.4, -0.2) is 26.6 Å². The lowest BCUT2D eigenvalue weighted by atomic mass is 10.2. The van der Waals surface area contributed by atoms with Gasteiger partial charge in [0.15, 0.2) is 5.82 Å². The molecular formula is C13H10N6. The molecule has 0 N–H and O–H groups in total. The fourth-order valence-electron chi connectivity index (χ4n) is 1.89. The number of anilines is 2. The molecule has 0 spiro atoms. The predicted molar refractivity (Wildman–Crippen MR) is 70.0 cm³/mol. The number of hydrogen-bond acceptors (Lipinski definition) is 5. The number of fused-ring (bicyclic) bond motifs is 1. The van der Waals surface area contributed by atoms with Crippen molar-refractivity contribution < 1.29 is 0 Å². The van der Waals surface area contributed by atoms with Gasteiger partial charge < -0.3 is 4.90 Å². The van der Waals surface area contributed by atoms with Gasteiger partial charge >= 0.3 is 0 Å². The number of hydrogen-bond donors (Lipinski definition) is 0. The molecule has 0 radical (unpaired) electrons. The van der Waals surface area contributed by atoms with E-state index in [0.717, 1.165) is 5.69 Å². The average Bonchev–Trinajstić information content (AvgIpc) is 2.95. The van der Waals surface area contributed by atoms with Crippen molar-refractivity contribution in [3.63, 3.8) is 0 Å². The van der Waals surface area contributed by atoms with Gasteiger partial charge in [-0.25, -0.2) is 4.98 Å². The number of aromatic nitrogens is 4. The van der Waals surface area contributed by atoms with Crippen LogP contribution in [0.15, 0.2) is 43.0 Å². The van der Waals surface area contributed by atoms with Gasteiger partial charge in [-0.15, -0.1) is 10.2 Å². The summed E-state index contributed by atoms with van der Waals surface area (Å²) in [4.78, 5) is 6.21. The second-order valence-corrected chi connectivity index (χ2v) is 4.03. The summed E-state index contributed by atoms with van der Waals surface area (Å²) in [5.41, 5.74) is 2.16. The summed E-state index contributed by atoms with van der Waals surface area (Å²) in [5, 5.41) is 16.9. The van der Waals surface area contributed by atoms with Crippen LogP contribution in [0.25, 0.3) is 5.65 Å². The quantitative estimate of drug-likeness (QED) is 0.693. The molecule has 0 unspecified atom stereocenters. The average molecular weight is 250 g/mol. The smallest absolute Gasteiger partial charge is 0.204 e. The number of rotatable bonds is 2. The van der Waals surface area contributed by atoms with E-state index in [9.17, 15) is 0 Å². The van der Waals surface area contributed by atoms with E-state index in [1.54, 1.807) is 29.2 Å². The van der Waals surface area contributed by atoms with Crippen LogP contribution < -0.4 is 4.90 Å². The van der Waals surface area contributed by atoms with Crippen molar-refractivity contribution in [1.29, 1.82) is 5.26 Å². The second-order valence-electron chi connectivity index (χ2n) is 4.03. The minimum absolute atomic E-state index is 0.609. The Morgan fingerprint density at radius 2 is 2.26 bits per heavy atom. The lowest BCUT2D eigenvalue weighted by Crippen LogP contribution is -2.12. The van der Waals surface area contributed by atoms with E-state index in [0.29, 0.717) is 17.0 Å². The molecule has 3 aromatic rings. The molecule has 0 atom stereocenters. The zero-order valence-corrected chi connectivity index (χ0v) is 10.2. The fourth-order valence-corrected chi connectivity index (χ4v) is 1.89. The van der Waals surface area contributed by atoms with Gasteiger partial charge in [-0.1, -0.05) is 6.07 Å². The molecule has 6 heteroatoms. The first-order valence-corrected chi connectivity index (χ1v) is 5.68. The zero-order valence-electron chi connectivity index (χ0n) is 10.2. The van der Waals surface area contributed by atoms with E-state index < -0.39 is 0 Å². The van der Waals surface area contributed by atoms with Gasteiger partial charge in [0.25, 0.3) is 0 Å². The van der Waals surface area contributed by atoms with E-state index in [1.807, 2.05) is 30.1 Å². The summed E-state index contributed by atoms with van der Waals surface area (Å²) in [7, 11) is 1.88. The van der Waals surface area contributed by atoms with E-state index in [-0.39, 0.29) is 0 Å². The van der Waals surface area contributed by atoms with Gasteiger partial charge in [0.05, 0.1) is 11.6 Å². The highest BCUT2D eigenvalue weighted by Gasteiger charge is 2.11. The van der Waals surface area contributed by atoms with Crippen LogP contribution >= 0.6 is 0 Å². The second kappa shape index (κ2) is 4.38. The van der Waals surface area contributed by atoms with Crippen LogP contribution in [0.2, 0.25) is 0 Å². The molecule has 0 aliphatic rings. The molecule has 2 heterocycles. The molecule has 0 bridgehead atoms. The van der Waals surface area contributed by atoms with Crippen molar-refractivity contribution in [1.82, 2.24) is 19.6 Å². The Labute approximate surface area is 109 Å². The van der Waals surface area contributed by atoms with Crippen molar-refractivity contribution in [2.75, 3.05) is 11.9 Å². The topological polar surface area (TPSA) is 70.1 Å². The van der Waals surface area contributed by atoms with Gasteiger partial charge in [-0.05, 0) is 18.2 Å². The summed E-state index contributed by atoms with van der Waals surface area (Å²) in [5.74, 6) is 0.690. The van der Waals surface area contributed by atoms with Crippen LogP contribution in [0.4, 0.5) is 11.5 Å². The molecule has 6 nitrogen and oxygen atoms in total. The molecule has 3 rings (SSSR count). The Morgan fingerprint density at radius 1 is 1.37 bits per heavy atom. The number of nitrogens with zero attached hydrogens (tertiary/aromatic N) is 6. The summed E-state index contributed by atoms with van der Waals surface area (Å²) in [6.07, 6.45) is 5.11. The van der Waals surface area contributed by atoms with Gasteiger partial charge in [-0.2, -0.15) is 5.26 Å². The zero-order chi connectivity index (χ0) is 13.2. The van der Waals surface area contributed by atoms with Crippen molar-refractivity contribution in [3.8, 4) is 6.07 Å². The van der Waals surface area contributed by atoms with Crippen molar-refractivity contribution in [3.05, 3.63) is 48.5 Å². The maximum atomic E-state index is 8.94. The Morgan fingerprint density at radius 3 is 3.11 bits per heavy atom. The van der Waals surface area contributed by atoms with E-state index in [4.69, 9.17) is 5.26 Å². The Hall–Kier alpha value is -2.94. The van der Waals surface area contributed by atoms with E-state index in [1.165, 1.54) is 0 Å². The lowest BCUT2D eigenvalue weighted by Gasteiger charge is -2.18. The molecule has 0 saturated heterocycles. The molecule has 0 aliphatic heterocycles. The number of benzene rings is 1. The summed E-state index contributed by atoms with van der Waals surface area (Å²) in [6.45, 7) is 0. The summed E-state index contributed by atoms with van der Waals surface area (Å²) >= 11 is 0. The minimum atomic E-state index is 0.609. The van der Waals surface area contributed by atoms with Crippen LogP contribution in [0, 0.1) is 11.3 Å². The monoisotopic (exact) mass is 250 g/mol. The normalized spacial score (nSPS) is 10.3. The lowest BCUT2D eigenvalue weighted by molar-refractivity contribution is 1.06. The van der Waals surface area contributed by atoms with E-state index >= 15 is 0 Å². The summed E-state index contributed by atoms with van der Waals surface area (Å²) < 4.78 is 1.80. The highest BCUT2D eigenvalue weighted by molar-refractivity contribution is 5.71. The van der Waals surface area contributed by atoms with Crippen LogP contribution in [0.3, 0.4) is 0 Å². The van der Waals surface area contributed by atoms with E-state index in [2.05, 4.69) is 21.3 Å². The molecular weight excluding hydrogens is 240 g/mol. The largest absolute Gasteiger partial charge is 0.326 e. The van der Waals surface area contributed by atoms with Crippen LogP contribution in [0.5, 0.6) is 0 Å². The first-order chi connectivity index (χ1) is 9.29. The molecule has 0 aliphatic carbocycles. The van der Waals surface area contributed by atoms with Crippen molar-refractivity contribution in [2.45, 2.75) is 0 Å². The highest BCUT2D eigenvalue weighted by atomic mass is 15.3. The molecule has 0 saturated carbocycles. The Kier molecular flexibility index (Phi) is 2.58. The molecule has 92 valence electrons. The molecule has 19 heavy (non-hydrogen) atoms. The van der Waals surface area contributed by atoms with Crippen molar-refractivity contribution in [2.24, 2.45) is 0 Å².